The van der Waals surface area contributed by atoms with E-state index in [1.807, 2.05) is 0 Å². The number of hydrogen-bond donors (Lipinski definition) is 0. The van der Waals surface area contributed by atoms with Gasteiger partial charge in [0.1, 0.15) is 0 Å². The average Bonchev–Trinajstić information content (AvgIpc) is 1.97. The number of unbranched alkanes of at least 4 members (excludes halogenated alkanes) is 3. The fraction of sp³-hybridized carbons (Fsp3) is 0.857. The molecule has 3 heteroatoms. The molecule has 0 fully saturated rings. The Hall–Kier alpha value is -0.140. The normalized spacial score (nSPS) is 8.90. The third-order valence-electron chi connectivity index (χ3n) is 1.22. The maximum Gasteiger partial charge on any atom is 0.234 e. The molecule has 0 bridgehead atoms. The summed E-state index contributed by atoms with van der Waals surface area (Å²) in [6, 6.07) is 0. The highest BCUT2D eigenvalue weighted by Gasteiger charge is 1.86. The molecule has 2 nitrogen and oxygen atoms in total. The van der Waals surface area contributed by atoms with Crippen LogP contribution >= 0.6 is 15.9 Å². The maximum absolute atomic E-state index is 9.59. The SMILES string of the molecule is O=C=NCCCCCCBr. The summed E-state index contributed by atoms with van der Waals surface area (Å²) in [5, 5.41) is 1.07. The van der Waals surface area contributed by atoms with E-state index < -0.39 is 0 Å². The second kappa shape index (κ2) is 8.86. The monoisotopic (exact) mass is 205 g/mol. The smallest absolute Gasteiger partial charge is 0.211 e. The van der Waals surface area contributed by atoms with Crippen molar-refractivity contribution < 1.29 is 4.79 Å². The van der Waals surface area contributed by atoms with Crippen LogP contribution < -0.4 is 0 Å². The van der Waals surface area contributed by atoms with Crippen molar-refractivity contribution in [2.24, 2.45) is 4.99 Å². The largest absolute Gasteiger partial charge is 0.234 e. The van der Waals surface area contributed by atoms with Crippen LogP contribution in [0.3, 0.4) is 0 Å². The lowest BCUT2D eigenvalue weighted by Crippen LogP contribution is -1.82. The van der Waals surface area contributed by atoms with Gasteiger partial charge in [0.05, 0.1) is 6.54 Å². The first kappa shape index (κ1) is 9.86. The van der Waals surface area contributed by atoms with Crippen molar-refractivity contribution in [3.05, 3.63) is 0 Å². The minimum absolute atomic E-state index is 0.645. The van der Waals surface area contributed by atoms with Crippen molar-refractivity contribution in [2.45, 2.75) is 25.7 Å². The number of alkyl halides is 1. The molecule has 0 rings (SSSR count). The fourth-order valence-corrected chi connectivity index (χ4v) is 1.08. The molecule has 0 aromatic heterocycles. The number of halogens is 1. The number of isocyanates is 1. The first-order chi connectivity index (χ1) is 4.91. The van der Waals surface area contributed by atoms with Crippen LogP contribution in [0.1, 0.15) is 25.7 Å². The third kappa shape index (κ3) is 7.86. The zero-order chi connectivity index (χ0) is 7.66. The van der Waals surface area contributed by atoms with Gasteiger partial charge in [0.25, 0.3) is 0 Å². The van der Waals surface area contributed by atoms with Gasteiger partial charge in [0.15, 0.2) is 0 Å². The highest BCUT2D eigenvalue weighted by atomic mass is 79.9. The molecule has 0 N–H and O–H groups in total. The maximum atomic E-state index is 9.59. The molecule has 0 aromatic carbocycles. The van der Waals surface area contributed by atoms with Crippen LogP contribution in [0.4, 0.5) is 0 Å². The summed E-state index contributed by atoms with van der Waals surface area (Å²) in [6.45, 7) is 0.645. The van der Waals surface area contributed by atoms with Gasteiger partial charge in [-0.15, -0.1) is 0 Å². The van der Waals surface area contributed by atoms with Crippen molar-refractivity contribution in [3.8, 4) is 0 Å². The van der Waals surface area contributed by atoms with E-state index in [1.165, 1.54) is 18.9 Å². The van der Waals surface area contributed by atoms with Crippen LogP contribution in [-0.4, -0.2) is 18.0 Å². The molecule has 0 unspecified atom stereocenters. The van der Waals surface area contributed by atoms with Gasteiger partial charge in [0.2, 0.25) is 6.08 Å². The summed E-state index contributed by atoms with van der Waals surface area (Å²) in [4.78, 5) is 13.0. The Bertz CT molecular complexity index is 110. The Morgan fingerprint density at radius 3 is 2.50 bits per heavy atom. The lowest BCUT2D eigenvalue weighted by molar-refractivity contribution is 0.561. The number of carbonyl (C=O) groups excluding carboxylic acids is 1. The summed E-state index contributed by atoms with van der Waals surface area (Å²) in [6.07, 6.45) is 6.14. The summed E-state index contributed by atoms with van der Waals surface area (Å²) in [5.41, 5.74) is 0. The van der Waals surface area contributed by atoms with Crippen LogP contribution in [0.5, 0.6) is 0 Å². The lowest BCUT2D eigenvalue weighted by Gasteiger charge is -1.93. The van der Waals surface area contributed by atoms with Crippen molar-refractivity contribution in [1.29, 1.82) is 0 Å². The van der Waals surface area contributed by atoms with Gasteiger partial charge in [-0.2, -0.15) is 0 Å². The molecule has 0 atom stereocenters. The second-order valence-corrected chi connectivity index (χ2v) is 2.87. The summed E-state index contributed by atoms with van der Waals surface area (Å²) in [7, 11) is 0. The first-order valence-electron chi connectivity index (χ1n) is 3.51. The first-order valence-corrected chi connectivity index (χ1v) is 4.63. The van der Waals surface area contributed by atoms with Gasteiger partial charge in [-0.1, -0.05) is 28.8 Å². The molecule has 0 aliphatic heterocycles. The third-order valence-corrected chi connectivity index (χ3v) is 1.78. The fourth-order valence-electron chi connectivity index (χ4n) is 0.685. The van der Waals surface area contributed by atoms with Crippen LogP contribution in [0, 0.1) is 0 Å². The van der Waals surface area contributed by atoms with E-state index in [0.717, 1.165) is 18.2 Å². The molecule has 0 saturated carbocycles. The molecular formula is C7H12BrNO. The zero-order valence-corrected chi connectivity index (χ0v) is 7.56. The van der Waals surface area contributed by atoms with Crippen molar-refractivity contribution in [1.82, 2.24) is 0 Å². The van der Waals surface area contributed by atoms with E-state index in [4.69, 9.17) is 0 Å². The lowest BCUT2D eigenvalue weighted by atomic mass is 10.2. The van der Waals surface area contributed by atoms with Crippen LogP contribution in [-0.2, 0) is 4.79 Å². The molecule has 58 valence electrons. The Morgan fingerprint density at radius 1 is 1.20 bits per heavy atom. The summed E-state index contributed by atoms with van der Waals surface area (Å²) >= 11 is 3.35. The highest BCUT2D eigenvalue weighted by Crippen LogP contribution is 2.01. The summed E-state index contributed by atoms with van der Waals surface area (Å²) in [5.74, 6) is 0. The quantitative estimate of drug-likeness (QED) is 0.283. The van der Waals surface area contributed by atoms with E-state index in [2.05, 4.69) is 20.9 Å². The summed E-state index contributed by atoms with van der Waals surface area (Å²) < 4.78 is 0. The number of hydrogen-bond acceptors (Lipinski definition) is 2. The van der Waals surface area contributed by atoms with Crippen LogP contribution in [0.2, 0.25) is 0 Å². The van der Waals surface area contributed by atoms with E-state index in [-0.39, 0.29) is 0 Å². The molecule has 0 spiro atoms. The topological polar surface area (TPSA) is 29.4 Å². The Kier molecular flexibility index (Phi) is 8.74. The highest BCUT2D eigenvalue weighted by molar-refractivity contribution is 9.09. The standard InChI is InChI=1S/C7H12BrNO/c8-5-3-1-2-4-6-9-7-10/h1-6H2. The van der Waals surface area contributed by atoms with Gasteiger partial charge in [-0.25, -0.2) is 9.79 Å². The Morgan fingerprint density at radius 2 is 1.90 bits per heavy atom. The predicted octanol–water partition coefficient (Wildman–Crippen LogP) is 2.28. The van der Waals surface area contributed by atoms with Crippen molar-refractivity contribution in [2.75, 3.05) is 11.9 Å². The molecule has 0 radical (unpaired) electrons. The van der Waals surface area contributed by atoms with E-state index >= 15 is 0 Å². The predicted molar refractivity (Wildman–Crippen MR) is 45.3 cm³/mol. The molecule has 0 aliphatic carbocycles. The molecule has 0 saturated heterocycles. The number of rotatable bonds is 6. The molecule has 0 aliphatic rings. The van der Waals surface area contributed by atoms with Gasteiger partial charge in [0, 0.05) is 5.33 Å². The van der Waals surface area contributed by atoms with Gasteiger partial charge >= 0.3 is 0 Å². The Balaban J connectivity index is 2.83. The van der Waals surface area contributed by atoms with E-state index in [0.29, 0.717) is 6.54 Å². The molecule has 0 heterocycles. The van der Waals surface area contributed by atoms with Crippen LogP contribution in [0.15, 0.2) is 4.99 Å². The van der Waals surface area contributed by atoms with Gasteiger partial charge in [-0.05, 0) is 12.8 Å². The van der Waals surface area contributed by atoms with Gasteiger partial charge in [-0.3, -0.25) is 0 Å². The van der Waals surface area contributed by atoms with E-state index in [9.17, 15) is 4.79 Å². The van der Waals surface area contributed by atoms with Crippen LogP contribution in [0.25, 0.3) is 0 Å². The van der Waals surface area contributed by atoms with E-state index in [1.54, 1.807) is 0 Å². The second-order valence-electron chi connectivity index (χ2n) is 2.08. The minimum atomic E-state index is 0.645. The molecular weight excluding hydrogens is 194 g/mol. The minimum Gasteiger partial charge on any atom is -0.211 e. The van der Waals surface area contributed by atoms with Crippen molar-refractivity contribution >= 4 is 22.0 Å². The molecule has 0 aromatic rings. The Labute approximate surface area is 69.9 Å². The van der Waals surface area contributed by atoms with Gasteiger partial charge < -0.3 is 0 Å². The molecule has 0 amide bonds. The average molecular weight is 206 g/mol. The molecule has 10 heavy (non-hydrogen) atoms. The number of nitrogens with zero attached hydrogens (tertiary/aromatic N) is 1. The zero-order valence-electron chi connectivity index (χ0n) is 5.98. The number of aliphatic imine (C=N–C) groups is 1. The van der Waals surface area contributed by atoms with Crippen molar-refractivity contribution in [3.63, 3.8) is 0 Å².